The smallest absolute Gasteiger partial charge is 0.422 e. The van der Waals surface area contributed by atoms with Crippen LogP contribution in [0, 0.1) is 12.3 Å². The highest BCUT2D eigenvalue weighted by Crippen LogP contribution is 2.44. The van der Waals surface area contributed by atoms with Gasteiger partial charge in [-0.3, -0.25) is 0 Å². The fourth-order valence-corrected chi connectivity index (χ4v) is 4.81. The van der Waals surface area contributed by atoms with Crippen molar-refractivity contribution in [2.24, 2.45) is 0 Å². The van der Waals surface area contributed by atoms with Crippen LogP contribution in [0.25, 0.3) is 11.0 Å². The molecule has 2 fully saturated rings. The number of nitrogen functional groups attached to an aromatic ring is 1. The molecule has 13 nitrogen and oxygen atoms in total. The van der Waals surface area contributed by atoms with E-state index in [0.29, 0.717) is 16.6 Å². The van der Waals surface area contributed by atoms with Gasteiger partial charge in [0.2, 0.25) is 0 Å². The summed E-state index contributed by atoms with van der Waals surface area (Å²) >= 11 is 0. The summed E-state index contributed by atoms with van der Waals surface area (Å²) in [5.41, 5.74) is 6.07. The van der Waals surface area contributed by atoms with E-state index in [0.717, 1.165) is 0 Å². The fourth-order valence-electron chi connectivity index (χ4n) is 4.10. The molecular weight excluding hydrogens is 480 g/mol. The van der Waals surface area contributed by atoms with Crippen molar-refractivity contribution >= 4 is 33.2 Å². The summed E-state index contributed by atoms with van der Waals surface area (Å²) in [7, 11) is -4.24. The van der Waals surface area contributed by atoms with Crippen molar-refractivity contribution in [3.05, 3.63) is 18.1 Å². The highest BCUT2D eigenvalue weighted by Gasteiger charge is 2.56. The number of ether oxygens (including phenoxy) is 4. The lowest BCUT2D eigenvalue weighted by Crippen LogP contribution is -2.47. The summed E-state index contributed by atoms with van der Waals surface area (Å²) in [6.07, 6.45) is 4.74. The van der Waals surface area contributed by atoms with Crippen molar-refractivity contribution < 1.29 is 32.2 Å². The molecule has 4 N–H and O–H groups in total. The summed E-state index contributed by atoms with van der Waals surface area (Å²) in [5.74, 6) is 1.84. The Bertz CT molecular complexity index is 1290. The van der Waals surface area contributed by atoms with Crippen LogP contribution in [-0.2, 0) is 29.2 Å². The molecule has 0 aliphatic carbocycles. The first-order valence-electron chi connectivity index (χ1n) is 10.8. The third-order valence-electron chi connectivity index (χ3n) is 5.28. The van der Waals surface area contributed by atoms with Gasteiger partial charge in [0.1, 0.15) is 41.7 Å². The van der Waals surface area contributed by atoms with Crippen LogP contribution >= 0.6 is 0 Å². The molecule has 2 saturated heterocycles. The highest BCUT2D eigenvalue weighted by molar-refractivity contribution is 7.88. The first kappa shape index (κ1) is 25.1. The SMILES string of the molecule is C#Cc1cn([C@@H]2O[C@H](CNS(=O)(=O)NC(=O)OC(C)(C)C)[C@H]3OC(C)(C)O[C@H]32)c2ncnc(N)c12. The molecular formula is C21H28N6O7S. The summed E-state index contributed by atoms with van der Waals surface area (Å²) < 4.78 is 53.9. The molecule has 4 atom stereocenters. The number of nitrogens with two attached hydrogens (primary N) is 1. The van der Waals surface area contributed by atoms with E-state index in [9.17, 15) is 13.2 Å². The molecule has 0 radical (unpaired) electrons. The Labute approximate surface area is 202 Å². The van der Waals surface area contributed by atoms with E-state index in [1.165, 1.54) is 6.33 Å². The fraction of sp³-hybridized carbons (Fsp3) is 0.571. The van der Waals surface area contributed by atoms with E-state index in [2.05, 4.69) is 20.6 Å². The Morgan fingerprint density at radius 2 is 2.00 bits per heavy atom. The number of anilines is 1. The monoisotopic (exact) mass is 508 g/mol. The molecule has 0 bridgehead atoms. The molecule has 14 heteroatoms. The topological polar surface area (TPSA) is 169 Å². The van der Waals surface area contributed by atoms with Crippen LogP contribution < -0.4 is 15.2 Å². The number of nitrogens with zero attached hydrogens (tertiary/aromatic N) is 3. The van der Waals surface area contributed by atoms with Crippen molar-refractivity contribution in [1.29, 1.82) is 0 Å². The standard InChI is InChI=1S/C21H28N6O7S/c1-7-11-9-27(17-13(11)16(22)23-10-24-17)18-15-14(32-21(5,6)33-15)12(31-18)8-25-35(29,30)26-19(28)34-20(2,3)4/h1,9-10,12,14-15,18,25H,8H2,2-6H3,(H,26,28)(H2,22,23,24)/t12-,14-,15-,18-/m1/s1. The van der Waals surface area contributed by atoms with Gasteiger partial charge in [0.05, 0.1) is 10.9 Å². The zero-order valence-corrected chi connectivity index (χ0v) is 20.8. The zero-order chi connectivity index (χ0) is 25.8. The van der Waals surface area contributed by atoms with E-state index in [1.54, 1.807) is 45.4 Å². The van der Waals surface area contributed by atoms with Crippen LogP contribution in [0.15, 0.2) is 12.5 Å². The molecule has 4 rings (SSSR count). The van der Waals surface area contributed by atoms with Gasteiger partial charge in [-0.15, -0.1) is 6.42 Å². The van der Waals surface area contributed by atoms with Crippen molar-refractivity contribution in [2.45, 2.75) is 70.5 Å². The minimum atomic E-state index is -4.24. The zero-order valence-electron chi connectivity index (χ0n) is 19.9. The van der Waals surface area contributed by atoms with Crippen molar-refractivity contribution in [3.8, 4) is 12.3 Å². The van der Waals surface area contributed by atoms with Crippen LogP contribution in [0.3, 0.4) is 0 Å². The van der Waals surface area contributed by atoms with E-state index < -0.39 is 52.2 Å². The minimum Gasteiger partial charge on any atom is -0.443 e. The lowest BCUT2D eigenvalue weighted by molar-refractivity contribution is -0.195. The lowest BCUT2D eigenvalue weighted by atomic mass is 10.1. The van der Waals surface area contributed by atoms with Gasteiger partial charge in [0.25, 0.3) is 0 Å². The molecule has 1 amide bonds. The number of nitrogens with one attached hydrogen (secondary N) is 2. The Balaban J connectivity index is 1.57. The van der Waals surface area contributed by atoms with Crippen molar-refractivity contribution in [3.63, 3.8) is 0 Å². The van der Waals surface area contributed by atoms with E-state index >= 15 is 0 Å². The quantitative estimate of drug-likeness (QED) is 0.490. The van der Waals surface area contributed by atoms with E-state index in [1.807, 2.05) is 4.72 Å². The molecule has 2 aliphatic rings. The minimum absolute atomic E-state index is 0.215. The van der Waals surface area contributed by atoms with Crippen LogP contribution in [0.2, 0.25) is 0 Å². The van der Waals surface area contributed by atoms with Crippen LogP contribution in [-0.4, -0.2) is 65.3 Å². The Morgan fingerprint density at radius 1 is 1.31 bits per heavy atom. The van der Waals surface area contributed by atoms with Gasteiger partial charge in [0, 0.05) is 12.7 Å². The third kappa shape index (κ3) is 5.19. The van der Waals surface area contributed by atoms with E-state index in [4.69, 9.17) is 31.1 Å². The average molecular weight is 509 g/mol. The highest BCUT2D eigenvalue weighted by atomic mass is 32.2. The molecule has 2 aliphatic heterocycles. The maximum Gasteiger partial charge on any atom is 0.422 e. The lowest BCUT2D eigenvalue weighted by Gasteiger charge is -2.25. The van der Waals surface area contributed by atoms with Gasteiger partial charge in [0.15, 0.2) is 12.0 Å². The maximum absolute atomic E-state index is 12.4. The Kier molecular flexibility index (Phi) is 6.18. The van der Waals surface area contributed by atoms with Gasteiger partial charge in [-0.1, -0.05) is 5.92 Å². The number of terminal acetylenes is 1. The molecule has 190 valence electrons. The maximum atomic E-state index is 12.4. The van der Waals surface area contributed by atoms with Gasteiger partial charge in [-0.05, 0) is 34.6 Å². The van der Waals surface area contributed by atoms with E-state index in [-0.39, 0.29) is 12.4 Å². The Morgan fingerprint density at radius 3 is 2.66 bits per heavy atom. The number of rotatable bonds is 5. The molecule has 0 aromatic carbocycles. The second kappa shape index (κ2) is 8.61. The molecule has 0 spiro atoms. The predicted octanol–water partition coefficient (Wildman–Crippen LogP) is 0.771. The molecule has 2 aromatic rings. The predicted molar refractivity (Wildman–Crippen MR) is 124 cm³/mol. The number of hydrogen-bond donors (Lipinski definition) is 3. The van der Waals surface area contributed by atoms with Crippen LogP contribution in [0.1, 0.15) is 46.4 Å². The van der Waals surface area contributed by atoms with Gasteiger partial charge in [-0.25, -0.2) is 19.5 Å². The van der Waals surface area contributed by atoms with Crippen molar-refractivity contribution in [2.75, 3.05) is 12.3 Å². The molecule has 0 unspecified atom stereocenters. The number of amides is 1. The summed E-state index contributed by atoms with van der Waals surface area (Å²) in [5, 5.41) is 0.499. The number of carbonyl (C=O) groups excluding carboxylic acids is 1. The van der Waals surface area contributed by atoms with Crippen molar-refractivity contribution in [1.82, 2.24) is 24.0 Å². The van der Waals surface area contributed by atoms with Gasteiger partial charge < -0.3 is 29.2 Å². The molecule has 4 heterocycles. The first-order chi connectivity index (χ1) is 16.2. The largest absolute Gasteiger partial charge is 0.443 e. The average Bonchev–Trinajstić information content (AvgIpc) is 3.33. The number of hydrogen-bond acceptors (Lipinski definition) is 10. The Hall–Kier alpha value is -2.96. The second-order valence-corrected chi connectivity index (χ2v) is 11.1. The van der Waals surface area contributed by atoms with Crippen LogP contribution in [0.5, 0.6) is 0 Å². The molecule has 35 heavy (non-hydrogen) atoms. The van der Waals surface area contributed by atoms with Crippen LogP contribution in [0.4, 0.5) is 10.6 Å². The summed E-state index contributed by atoms with van der Waals surface area (Å²) in [6.45, 7) is 8.13. The number of carbonyl (C=O) groups is 1. The van der Waals surface area contributed by atoms with Gasteiger partial charge in [-0.2, -0.15) is 13.1 Å². The summed E-state index contributed by atoms with van der Waals surface area (Å²) in [6, 6.07) is 0. The first-order valence-corrected chi connectivity index (χ1v) is 12.3. The normalized spacial score (nSPS) is 25.8. The second-order valence-electron chi connectivity index (χ2n) is 9.64. The van der Waals surface area contributed by atoms with Gasteiger partial charge >= 0.3 is 16.3 Å². The number of fused-ring (bicyclic) bond motifs is 2. The molecule has 0 saturated carbocycles. The number of aromatic nitrogens is 3. The third-order valence-corrected chi connectivity index (χ3v) is 6.27. The summed E-state index contributed by atoms with van der Waals surface area (Å²) in [4.78, 5) is 20.2. The molecule has 2 aromatic heterocycles.